The minimum absolute atomic E-state index is 0.124. The molecular weight excluding hydrogens is 244 g/mol. The molecule has 0 radical (unpaired) electrons. The molecular formula is C19H24O. The van der Waals surface area contributed by atoms with Gasteiger partial charge in [-0.15, -0.1) is 0 Å². The molecule has 106 valence electrons. The van der Waals surface area contributed by atoms with Crippen LogP contribution in [-0.2, 0) is 0 Å². The Kier molecular flexibility index (Phi) is 4.84. The molecule has 0 unspecified atom stereocenters. The Balaban J connectivity index is 2.25. The van der Waals surface area contributed by atoms with Gasteiger partial charge in [0.2, 0.25) is 0 Å². The van der Waals surface area contributed by atoms with Crippen LogP contribution in [0.5, 0.6) is 5.75 Å². The largest absolute Gasteiger partial charge is 0.487 e. The molecule has 0 aliphatic rings. The fraction of sp³-hybridized carbons (Fsp3) is 0.368. The normalized spacial score (nSPS) is 11.3. The monoisotopic (exact) mass is 268 g/mol. The van der Waals surface area contributed by atoms with E-state index >= 15 is 0 Å². The van der Waals surface area contributed by atoms with Crippen molar-refractivity contribution in [3.8, 4) is 16.9 Å². The number of unbranched alkanes of at least 4 members (excludes halogenated alkanes) is 1. The molecule has 20 heavy (non-hydrogen) atoms. The molecule has 0 fully saturated rings. The first kappa shape index (κ1) is 14.6. The van der Waals surface area contributed by atoms with Gasteiger partial charge in [-0.3, -0.25) is 0 Å². The van der Waals surface area contributed by atoms with Crippen LogP contribution < -0.4 is 4.74 Å². The molecule has 0 aromatic heterocycles. The van der Waals surface area contributed by atoms with Gasteiger partial charge in [-0.2, -0.15) is 0 Å². The van der Waals surface area contributed by atoms with Gasteiger partial charge >= 0.3 is 0 Å². The Labute approximate surface area is 122 Å². The lowest BCUT2D eigenvalue weighted by Gasteiger charge is -2.27. The molecule has 0 amide bonds. The third-order valence-corrected chi connectivity index (χ3v) is 3.49. The van der Waals surface area contributed by atoms with Gasteiger partial charge in [0.1, 0.15) is 11.4 Å². The molecule has 1 nitrogen and oxygen atoms in total. The maximum Gasteiger partial charge on any atom is 0.127 e. The Morgan fingerprint density at radius 3 is 2.25 bits per heavy atom. The van der Waals surface area contributed by atoms with Gasteiger partial charge in [0, 0.05) is 5.56 Å². The topological polar surface area (TPSA) is 9.23 Å². The molecule has 2 aromatic rings. The SMILES string of the molecule is CCCCC(C)(C)Oc1ccccc1-c1ccccc1. The smallest absolute Gasteiger partial charge is 0.127 e. The van der Waals surface area contributed by atoms with Crippen molar-refractivity contribution in [2.24, 2.45) is 0 Å². The van der Waals surface area contributed by atoms with Crippen molar-refractivity contribution in [2.45, 2.75) is 45.6 Å². The van der Waals surface area contributed by atoms with Crippen molar-refractivity contribution in [3.63, 3.8) is 0 Å². The van der Waals surface area contributed by atoms with Crippen LogP contribution in [0.25, 0.3) is 11.1 Å². The van der Waals surface area contributed by atoms with Crippen molar-refractivity contribution < 1.29 is 4.74 Å². The first-order valence-electron chi connectivity index (χ1n) is 7.46. The summed E-state index contributed by atoms with van der Waals surface area (Å²) in [6.45, 7) is 6.56. The summed E-state index contributed by atoms with van der Waals surface area (Å²) in [5, 5.41) is 0. The van der Waals surface area contributed by atoms with Crippen LogP contribution in [0.1, 0.15) is 40.0 Å². The number of para-hydroxylation sites is 1. The second-order valence-electron chi connectivity index (χ2n) is 5.83. The van der Waals surface area contributed by atoms with Crippen molar-refractivity contribution in [1.82, 2.24) is 0 Å². The van der Waals surface area contributed by atoms with E-state index in [0.717, 1.165) is 17.7 Å². The van der Waals surface area contributed by atoms with Gasteiger partial charge in [-0.1, -0.05) is 61.9 Å². The highest BCUT2D eigenvalue weighted by Gasteiger charge is 2.20. The van der Waals surface area contributed by atoms with Crippen molar-refractivity contribution >= 4 is 0 Å². The number of benzene rings is 2. The Morgan fingerprint density at radius 2 is 1.55 bits per heavy atom. The average Bonchev–Trinajstić information content (AvgIpc) is 2.46. The van der Waals surface area contributed by atoms with Crippen LogP contribution >= 0.6 is 0 Å². The minimum Gasteiger partial charge on any atom is -0.487 e. The van der Waals surface area contributed by atoms with Crippen LogP contribution in [0.2, 0.25) is 0 Å². The third kappa shape index (κ3) is 3.86. The molecule has 0 saturated heterocycles. The summed E-state index contributed by atoms with van der Waals surface area (Å²) < 4.78 is 6.29. The highest BCUT2D eigenvalue weighted by molar-refractivity contribution is 5.70. The summed E-state index contributed by atoms with van der Waals surface area (Å²) in [5.74, 6) is 0.972. The van der Waals surface area contributed by atoms with Crippen molar-refractivity contribution in [2.75, 3.05) is 0 Å². The first-order valence-corrected chi connectivity index (χ1v) is 7.46. The van der Waals surface area contributed by atoms with E-state index in [9.17, 15) is 0 Å². The van der Waals surface area contributed by atoms with E-state index in [-0.39, 0.29) is 5.60 Å². The molecule has 0 aliphatic carbocycles. The van der Waals surface area contributed by atoms with Gasteiger partial charge in [-0.25, -0.2) is 0 Å². The zero-order valence-corrected chi connectivity index (χ0v) is 12.7. The van der Waals surface area contributed by atoms with Gasteiger partial charge in [0.25, 0.3) is 0 Å². The number of hydrogen-bond acceptors (Lipinski definition) is 1. The molecule has 0 atom stereocenters. The highest BCUT2D eigenvalue weighted by Crippen LogP contribution is 2.33. The van der Waals surface area contributed by atoms with E-state index in [0.29, 0.717) is 0 Å². The molecule has 0 saturated carbocycles. The average molecular weight is 268 g/mol. The quantitative estimate of drug-likeness (QED) is 0.653. The lowest BCUT2D eigenvalue weighted by atomic mass is 10.00. The fourth-order valence-corrected chi connectivity index (χ4v) is 2.36. The fourth-order valence-electron chi connectivity index (χ4n) is 2.36. The maximum absolute atomic E-state index is 6.29. The summed E-state index contributed by atoms with van der Waals surface area (Å²) in [6.07, 6.45) is 3.47. The third-order valence-electron chi connectivity index (χ3n) is 3.49. The first-order chi connectivity index (χ1) is 9.62. The molecule has 0 aliphatic heterocycles. The van der Waals surface area contributed by atoms with E-state index in [1.54, 1.807) is 0 Å². The summed E-state index contributed by atoms with van der Waals surface area (Å²) >= 11 is 0. The van der Waals surface area contributed by atoms with Gasteiger partial charge < -0.3 is 4.74 Å². The lowest BCUT2D eigenvalue weighted by molar-refractivity contribution is 0.0975. The molecule has 2 rings (SSSR count). The van der Waals surface area contributed by atoms with E-state index in [2.05, 4.69) is 63.2 Å². The van der Waals surface area contributed by atoms with Crippen molar-refractivity contribution in [3.05, 3.63) is 54.6 Å². The highest BCUT2D eigenvalue weighted by atomic mass is 16.5. The lowest BCUT2D eigenvalue weighted by Crippen LogP contribution is -2.28. The molecule has 0 heterocycles. The Bertz CT molecular complexity index is 528. The number of hydrogen-bond donors (Lipinski definition) is 0. The van der Waals surface area contributed by atoms with Gasteiger partial charge in [-0.05, 0) is 38.3 Å². The summed E-state index contributed by atoms with van der Waals surface area (Å²) in [7, 11) is 0. The van der Waals surface area contributed by atoms with E-state index in [4.69, 9.17) is 4.74 Å². The standard InChI is InChI=1S/C19H24O/c1-4-5-15-19(2,3)20-18-14-10-9-13-17(18)16-11-7-6-8-12-16/h6-14H,4-5,15H2,1-3H3. The van der Waals surface area contributed by atoms with Gasteiger partial charge in [0.05, 0.1) is 0 Å². The Morgan fingerprint density at radius 1 is 0.900 bits per heavy atom. The molecule has 1 heteroatoms. The van der Waals surface area contributed by atoms with E-state index < -0.39 is 0 Å². The zero-order chi connectivity index (χ0) is 14.4. The van der Waals surface area contributed by atoms with Crippen LogP contribution in [-0.4, -0.2) is 5.60 Å². The summed E-state index contributed by atoms with van der Waals surface area (Å²) in [4.78, 5) is 0. The molecule has 2 aromatic carbocycles. The molecule has 0 N–H and O–H groups in total. The number of rotatable bonds is 6. The van der Waals surface area contributed by atoms with E-state index in [1.807, 2.05) is 12.1 Å². The second-order valence-corrected chi connectivity index (χ2v) is 5.83. The molecule has 0 bridgehead atoms. The van der Waals surface area contributed by atoms with Crippen LogP contribution in [0.15, 0.2) is 54.6 Å². The number of ether oxygens (including phenoxy) is 1. The summed E-state index contributed by atoms with van der Waals surface area (Å²) in [5.41, 5.74) is 2.24. The van der Waals surface area contributed by atoms with Crippen LogP contribution in [0, 0.1) is 0 Å². The summed E-state index contributed by atoms with van der Waals surface area (Å²) in [6, 6.07) is 18.7. The van der Waals surface area contributed by atoms with Crippen LogP contribution in [0.4, 0.5) is 0 Å². The predicted molar refractivity (Wildman–Crippen MR) is 86.1 cm³/mol. The Hall–Kier alpha value is -1.76. The van der Waals surface area contributed by atoms with Crippen molar-refractivity contribution in [1.29, 1.82) is 0 Å². The zero-order valence-electron chi connectivity index (χ0n) is 12.7. The molecule has 0 spiro atoms. The second kappa shape index (κ2) is 6.60. The van der Waals surface area contributed by atoms with E-state index in [1.165, 1.54) is 18.4 Å². The van der Waals surface area contributed by atoms with Crippen LogP contribution in [0.3, 0.4) is 0 Å². The predicted octanol–water partition coefficient (Wildman–Crippen LogP) is 5.70. The maximum atomic E-state index is 6.29. The minimum atomic E-state index is -0.124. The van der Waals surface area contributed by atoms with Gasteiger partial charge in [0.15, 0.2) is 0 Å².